The lowest BCUT2D eigenvalue weighted by molar-refractivity contribution is -0.125. The summed E-state index contributed by atoms with van der Waals surface area (Å²) in [7, 11) is 1.44. The predicted molar refractivity (Wildman–Crippen MR) is 48.3 cm³/mol. The summed E-state index contributed by atoms with van der Waals surface area (Å²) in [6, 6.07) is 0.473. The van der Waals surface area contributed by atoms with Crippen molar-refractivity contribution in [3.63, 3.8) is 0 Å². The summed E-state index contributed by atoms with van der Waals surface area (Å²) in [6.07, 6.45) is 4.90. The highest BCUT2D eigenvalue weighted by molar-refractivity contribution is 6.26. The van der Waals surface area contributed by atoms with Gasteiger partial charge in [-0.05, 0) is 25.2 Å². The molecule has 1 aliphatic carbocycles. The molecule has 0 spiro atoms. The fourth-order valence-corrected chi connectivity index (χ4v) is 2.37. The van der Waals surface area contributed by atoms with Gasteiger partial charge in [-0.1, -0.05) is 5.16 Å². The largest absolute Gasteiger partial charge is 0.399 e. The average Bonchev–Trinajstić information content (AvgIpc) is 2.74. The second-order valence-electron chi connectivity index (χ2n) is 3.74. The summed E-state index contributed by atoms with van der Waals surface area (Å²) in [4.78, 5) is 17.9. The maximum absolute atomic E-state index is 11.5. The molecule has 2 rings (SSSR count). The molecule has 0 radical (unpaired) electrons. The van der Waals surface area contributed by atoms with E-state index in [1.54, 1.807) is 0 Å². The average molecular weight is 182 g/mol. The van der Waals surface area contributed by atoms with E-state index in [4.69, 9.17) is 0 Å². The Bertz CT molecular complexity index is 240. The molecule has 2 unspecified atom stereocenters. The first-order valence-electron chi connectivity index (χ1n) is 4.68. The molecule has 2 aliphatic rings. The Morgan fingerprint density at radius 1 is 1.62 bits per heavy atom. The molecule has 4 nitrogen and oxygen atoms in total. The minimum Gasteiger partial charge on any atom is -0.399 e. The zero-order chi connectivity index (χ0) is 9.26. The summed E-state index contributed by atoms with van der Waals surface area (Å²) in [6.45, 7) is 0.916. The highest BCUT2D eigenvalue weighted by Gasteiger charge is 2.39. The number of oxime groups is 1. The number of nitrogens with zero attached hydrogens (tertiary/aromatic N) is 2. The van der Waals surface area contributed by atoms with E-state index in [0.29, 0.717) is 6.04 Å². The molecule has 4 heteroatoms. The molecular formula is C9H14N2O2. The Kier molecular flexibility index (Phi) is 2.20. The number of carbonyl (C=O) groups excluding carboxylic acids is 1. The van der Waals surface area contributed by atoms with Crippen LogP contribution in [0.2, 0.25) is 0 Å². The first kappa shape index (κ1) is 8.53. The highest BCUT2D eigenvalue weighted by Crippen LogP contribution is 2.36. The third kappa shape index (κ3) is 1.53. The molecule has 13 heavy (non-hydrogen) atoms. The molecule has 1 saturated carbocycles. The second kappa shape index (κ2) is 3.36. The van der Waals surface area contributed by atoms with Gasteiger partial charge in [0.25, 0.3) is 5.91 Å². The maximum atomic E-state index is 11.5. The SMILES string of the molecule is CO/N=C/C(=O)N1CC2CCC1C2. The van der Waals surface area contributed by atoms with Crippen LogP contribution in [-0.2, 0) is 9.63 Å². The zero-order valence-electron chi connectivity index (χ0n) is 7.77. The van der Waals surface area contributed by atoms with E-state index in [-0.39, 0.29) is 5.91 Å². The molecule has 1 amide bonds. The Morgan fingerprint density at radius 3 is 3.00 bits per heavy atom. The Morgan fingerprint density at radius 2 is 2.46 bits per heavy atom. The van der Waals surface area contributed by atoms with E-state index in [1.165, 1.54) is 26.2 Å². The lowest BCUT2D eigenvalue weighted by atomic mass is 10.1. The molecule has 72 valence electrons. The molecule has 0 aromatic rings. The first-order chi connectivity index (χ1) is 6.31. The number of hydrogen-bond donors (Lipinski definition) is 0. The molecule has 0 aromatic heterocycles. The van der Waals surface area contributed by atoms with E-state index in [9.17, 15) is 4.79 Å². The summed E-state index contributed by atoms with van der Waals surface area (Å²) >= 11 is 0. The molecule has 1 saturated heterocycles. The van der Waals surface area contributed by atoms with Gasteiger partial charge in [0.2, 0.25) is 0 Å². The quantitative estimate of drug-likeness (QED) is 0.464. The maximum Gasteiger partial charge on any atom is 0.268 e. The van der Waals surface area contributed by atoms with Crippen molar-refractivity contribution < 1.29 is 9.63 Å². The van der Waals surface area contributed by atoms with Gasteiger partial charge in [-0.3, -0.25) is 4.79 Å². The lowest BCUT2D eigenvalue weighted by Crippen LogP contribution is -2.38. The van der Waals surface area contributed by atoms with Crippen LogP contribution in [0.3, 0.4) is 0 Å². The van der Waals surface area contributed by atoms with Gasteiger partial charge in [-0.15, -0.1) is 0 Å². The Hall–Kier alpha value is -1.06. The molecule has 0 N–H and O–H groups in total. The summed E-state index contributed by atoms with van der Waals surface area (Å²) < 4.78 is 0. The molecule has 2 bridgehead atoms. The molecule has 1 heterocycles. The van der Waals surface area contributed by atoms with Crippen LogP contribution >= 0.6 is 0 Å². The fourth-order valence-electron chi connectivity index (χ4n) is 2.37. The molecule has 1 aliphatic heterocycles. The van der Waals surface area contributed by atoms with E-state index in [1.807, 2.05) is 4.90 Å². The van der Waals surface area contributed by atoms with Gasteiger partial charge in [0, 0.05) is 12.6 Å². The van der Waals surface area contributed by atoms with Crippen molar-refractivity contribution in [2.24, 2.45) is 11.1 Å². The van der Waals surface area contributed by atoms with Crippen molar-refractivity contribution in [1.82, 2.24) is 4.90 Å². The van der Waals surface area contributed by atoms with Crippen LogP contribution in [0.4, 0.5) is 0 Å². The topological polar surface area (TPSA) is 41.9 Å². The van der Waals surface area contributed by atoms with E-state index >= 15 is 0 Å². The Balaban J connectivity index is 1.95. The first-order valence-corrected chi connectivity index (χ1v) is 4.68. The van der Waals surface area contributed by atoms with E-state index < -0.39 is 0 Å². The normalized spacial score (nSPS) is 31.6. The Labute approximate surface area is 77.5 Å². The number of rotatable bonds is 2. The van der Waals surface area contributed by atoms with Crippen molar-refractivity contribution in [3.8, 4) is 0 Å². The van der Waals surface area contributed by atoms with Crippen molar-refractivity contribution in [2.75, 3.05) is 13.7 Å². The number of fused-ring (bicyclic) bond motifs is 2. The minimum absolute atomic E-state index is 0.00551. The molecular weight excluding hydrogens is 168 g/mol. The van der Waals surface area contributed by atoms with Gasteiger partial charge in [-0.25, -0.2) is 0 Å². The lowest BCUT2D eigenvalue weighted by Gasteiger charge is -2.25. The number of carbonyl (C=O) groups is 1. The number of likely N-dealkylation sites (tertiary alicyclic amines) is 1. The van der Waals surface area contributed by atoms with Crippen LogP contribution in [0.5, 0.6) is 0 Å². The molecule has 2 atom stereocenters. The summed E-state index contributed by atoms with van der Waals surface area (Å²) in [5, 5.41) is 3.48. The van der Waals surface area contributed by atoms with E-state index in [0.717, 1.165) is 18.9 Å². The standard InChI is InChI=1S/C9H14N2O2/c1-13-10-5-9(12)11-6-7-2-3-8(11)4-7/h5,7-8H,2-4,6H2,1H3/b10-5+. The van der Waals surface area contributed by atoms with Crippen LogP contribution in [0.1, 0.15) is 19.3 Å². The van der Waals surface area contributed by atoms with Crippen LogP contribution in [-0.4, -0.2) is 36.7 Å². The smallest absolute Gasteiger partial charge is 0.268 e. The summed E-state index contributed by atoms with van der Waals surface area (Å²) in [5.41, 5.74) is 0. The monoisotopic (exact) mass is 182 g/mol. The van der Waals surface area contributed by atoms with Crippen LogP contribution in [0.15, 0.2) is 5.16 Å². The zero-order valence-corrected chi connectivity index (χ0v) is 7.77. The second-order valence-corrected chi connectivity index (χ2v) is 3.74. The van der Waals surface area contributed by atoms with Crippen molar-refractivity contribution >= 4 is 12.1 Å². The number of amides is 1. The van der Waals surface area contributed by atoms with Crippen LogP contribution < -0.4 is 0 Å². The van der Waals surface area contributed by atoms with Gasteiger partial charge >= 0.3 is 0 Å². The van der Waals surface area contributed by atoms with Gasteiger partial charge in [0.15, 0.2) is 0 Å². The van der Waals surface area contributed by atoms with Gasteiger partial charge in [0.1, 0.15) is 13.3 Å². The van der Waals surface area contributed by atoms with Crippen LogP contribution in [0, 0.1) is 5.92 Å². The number of piperidine rings is 1. The molecule has 0 aromatic carbocycles. The molecule has 2 fully saturated rings. The van der Waals surface area contributed by atoms with Crippen molar-refractivity contribution in [2.45, 2.75) is 25.3 Å². The van der Waals surface area contributed by atoms with Crippen LogP contribution in [0.25, 0.3) is 0 Å². The third-order valence-electron chi connectivity index (χ3n) is 2.96. The predicted octanol–water partition coefficient (Wildman–Crippen LogP) is 0.630. The van der Waals surface area contributed by atoms with Gasteiger partial charge in [0.05, 0.1) is 0 Å². The highest BCUT2D eigenvalue weighted by atomic mass is 16.6. The minimum atomic E-state index is -0.00551. The van der Waals surface area contributed by atoms with Gasteiger partial charge in [-0.2, -0.15) is 0 Å². The van der Waals surface area contributed by atoms with Crippen molar-refractivity contribution in [1.29, 1.82) is 0 Å². The van der Waals surface area contributed by atoms with E-state index in [2.05, 4.69) is 9.99 Å². The van der Waals surface area contributed by atoms with Gasteiger partial charge < -0.3 is 9.74 Å². The summed E-state index contributed by atoms with van der Waals surface area (Å²) in [5.74, 6) is 0.735. The van der Waals surface area contributed by atoms with Crippen molar-refractivity contribution in [3.05, 3.63) is 0 Å². The third-order valence-corrected chi connectivity index (χ3v) is 2.96. The fraction of sp³-hybridized carbons (Fsp3) is 0.778. The number of hydrogen-bond acceptors (Lipinski definition) is 3.